The zero-order valence-corrected chi connectivity index (χ0v) is 28.7. The number of sulfonamides is 1. The van der Waals surface area contributed by atoms with E-state index in [0.29, 0.717) is 29.2 Å². The van der Waals surface area contributed by atoms with Crippen LogP contribution in [0.1, 0.15) is 30.4 Å². The fraction of sp³-hybridized carbons (Fsp3) is 0.243. The molecule has 5 rings (SSSR count). The highest BCUT2D eigenvalue weighted by atomic mass is 32.2. The fourth-order valence-electron chi connectivity index (χ4n) is 5.60. The number of aryl methyl sites for hydroxylation is 1. The molecule has 0 radical (unpaired) electrons. The average Bonchev–Trinajstić information content (AvgIpc) is 3.62. The molecule has 0 bridgehead atoms. The molecule has 4 amide bonds. The third-order valence-corrected chi connectivity index (χ3v) is 10.2. The molecular formula is C37H39N5O8S. The first-order valence-corrected chi connectivity index (χ1v) is 17.8. The number of anilines is 3. The van der Waals surface area contributed by atoms with Crippen molar-refractivity contribution in [2.24, 2.45) is 0 Å². The minimum absolute atomic E-state index is 0.0648. The number of aliphatic carboxylic acids is 1. The summed E-state index contributed by atoms with van der Waals surface area (Å²) in [5.74, 6) is -1.87. The van der Waals surface area contributed by atoms with Crippen LogP contribution in [0.5, 0.6) is 5.75 Å². The van der Waals surface area contributed by atoms with Gasteiger partial charge in [-0.15, -0.1) is 0 Å². The van der Waals surface area contributed by atoms with Crippen LogP contribution >= 0.6 is 0 Å². The molecule has 1 fully saturated rings. The molecule has 1 aliphatic heterocycles. The van der Waals surface area contributed by atoms with Crippen molar-refractivity contribution in [3.63, 3.8) is 0 Å². The summed E-state index contributed by atoms with van der Waals surface area (Å²) in [5.41, 5.74) is 3.40. The van der Waals surface area contributed by atoms with Crippen LogP contribution in [-0.4, -0.2) is 66.9 Å². The van der Waals surface area contributed by atoms with E-state index in [4.69, 9.17) is 4.74 Å². The highest BCUT2D eigenvalue weighted by molar-refractivity contribution is 7.89. The Morgan fingerprint density at radius 3 is 2.31 bits per heavy atom. The van der Waals surface area contributed by atoms with Gasteiger partial charge in [-0.25, -0.2) is 18.0 Å². The third kappa shape index (κ3) is 9.93. The number of carbonyl (C=O) groups excluding carboxylic acids is 3. The number of amides is 4. The summed E-state index contributed by atoms with van der Waals surface area (Å²) in [4.78, 5) is 50.3. The van der Waals surface area contributed by atoms with Gasteiger partial charge in [-0.1, -0.05) is 54.6 Å². The Morgan fingerprint density at radius 2 is 1.59 bits per heavy atom. The van der Waals surface area contributed by atoms with E-state index in [2.05, 4.69) is 21.3 Å². The van der Waals surface area contributed by atoms with Crippen molar-refractivity contribution < 1.29 is 37.4 Å². The fourth-order valence-corrected chi connectivity index (χ4v) is 7.27. The number of hydrogen-bond donors (Lipinski definition) is 5. The van der Waals surface area contributed by atoms with Crippen molar-refractivity contribution in [1.82, 2.24) is 9.62 Å². The second-order valence-corrected chi connectivity index (χ2v) is 13.9. The number of carboxylic acids is 1. The third-order valence-electron chi connectivity index (χ3n) is 8.23. The van der Waals surface area contributed by atoms with Gasteiger partial charge in [0.05, 0.1) is 17.9 Å². The second kappa shape index (κ2) is 16.8. The molecular weight excluding hydrogens is 675 g/mol. The predicted molar refractivity (Wildman–Crippen MR) is 192 cm³/mol. The molecule has 4 aromatic carbocycles. The van der Waals surface area contributed by atoms with Gasteiger partial charge < -0.3 is 31.1 Å². The number of nitrogens with zero attached hydrogens (tertiary/aromatic N) is 1. The smallest absolute Gasteiger partial charge is 0.326 e. The lowest BCUT2D eigenvalue weighted by atomic mass is 10.1. The van der Waals surface area contributed by atoms with Crippen LogP contribution in [0.15, 0.2) is 108 Å². The van der Waals surface area contributed by atoms with Crippen LogP contribution in [0.3, 0.4) is 0 Å². The highest BCUT2D eigenvalue weighted by Crippen LogP contribution is 2.26. The van der Waals surface area contributed by atoms with Gasteiger partial charge in [0.25, 0.3) is 0 Å². The van der Waals surface area contributed by atoms with Crippen LogP contribution in [-0.2, 0) is 30.8 Å². The van der Waals surface area contributed by atoms with Gasteiger partial charge in [0, 0.05) is 36.1 Å². The van der Waals surface area contributed by atoms with Crippen molar-refractivity contribution in [3.8, 4) is 5.75 Å². The van der Waals surface area contributed by atoms with Crippen molar-refractivity contribution in [2.75, 3.05) is 29.1 Å². The molecule has 4 aromatic rings. The molecule has 1 heterocycles. The highest BCUT2D eigenvalue weighted by Gasteiger charge is 2.40. The van der Waals surface area contributed by atoms with Crippen LogP contribution < -0.4 is 26.0 Å². The van der Waals surface area contributed by atoms with E-state index in [1.165, 1.54) is 12.1 Å². The Balaban J connectivity index is 1.08. The van der Waals surface area contributed by atoms with Crippen molar-refractivity contribution >= 4 is 50.9 Å². The summed E-state index contributed by atoms with van der Waals surface area (Å²) in [5, 5.41) is 20.6. The van der Waals surface area contributed by atoms with Crippen LogP contribution in [0, 0.1) is 6.92 Å². The van der Waals surface area contributed by atoms with E-state index < -0.39 is 34.0 Å². The van der Waals surface area contributed by atoms with Gasteiger partial charge in [-0.3, -0.25) is 9.59 Å². The van der Waals surface area contributed by atoms with Crippen LogP contribution in [0.2, 0.25) is 0 Å². The summed E-state index contributed by atoms with van der Waals surface area (Å²) in [6.45, 7) is 1.98. The van der Waals surface area contributed by atoms with E-state index in [1.54, 1.807) is 66.7 Å². The number of urea groups is 1. The lowest BCUT2D eigenvalue weighted by Crippen LogP contribution is -2.51. The number of carboxylic acid groups (broad SMARTS) is 1. The summed E-state index contributed by atoms with van der Waals surface area (Å²) in [7, 11) is -3.93. The maximum atomic E-state index is 13.2. The van der Waals surface area contributed by atoms with Crippen molar-refractivity contribution in [1.29, 1.82) is 0 Å². The van der Waals surface area contributed by atoms with Crippen molar-refractivity contribution in [2.45, 2.75) is 49.6 Å². The molecule has 5 N–H and O–H groups in total. The zero-order chi connectivity index (χ0) is 36.4. The maximum Gasteiger partial charge on any atom is 0.326 e. The molecule has 51 heavy (non-hydrogen) atoms. The number of benzene rings is 4. The van der Waals surface area contributed by atoms with Gasteiger partial charge in [0.15, 0.2) is 0 Å². The molecule has 0 unspecified atom stereocenters. The number of rotatable bonds is 14. The lowest BCUT2D eigenvalue weighted by Gasteiger charge is -2.25. The minimum Gasteiger partial charge on any atom is -0.493 e. The summed E-state index contributed by atoms with van der Waals surface area (Å²) < 4.78 is 33.2. The van der Waals surface area contributed by atoms with Gasteiger partial charge in [-0.2, -0.15) is 4.31 Å². The molecule has 0 saturated carbocycles. The van der Waals surface area contributed by atoms with E-state index in [9.17, 15) is 32.7 Å². The molecule has 266 valence electrons. The first-order chi connectivity index (χ1) is 24.5. The van der Waals surface area contributed by atoms with E-state index >= 15 is 0 Å². The Morgan fingerprint density at radius 1 is 0.863 bits per heavy atom. The zero-order valence-electron chi connectivity index (χ0n) is 27.9. The largest absolute Gasteiger partial charge is 0.493 e. The monoisotopic (exact) mass is 713 g/mol. The van der Waals surface area contributed by atoms with E-state index in [0.717, 1.165) is 15.4 Å². The first kappa shape index (κ1) is 36.5. The standard InChI is InChI=1S/C37H39N5O8S/c1-25-9-5-6-14-31(25)41-37(47)39-27-18-16-26(17-19-27)23-34(43)38-28-10-7-11-29(24-28)50-22-20-32(36(45)46)40-35(44)33-15-8-21-42(33)51(48,49)30-12-3-2-4-13-30/h2-7,9-14,16-19,24,32-33H,8,15,20-23H2,1H3,(H,38,43)(H,40,44)(H,45,46)(H2,39,41,47)/t32-,33-/m0/s1. The topological polar surface area (TPSA) is 183 Å². The van der Waals surface area contributed by atoms with Crippen molar-refractivity contribution in [3.05, 3.63) is 114 Å². The van der Waals surface area contributed by atoms with Gasteiger partial charge in [0.1, 0.15) is 17.8 Å². The Kier molecular flexibility index (Phi) is 12.0. The summed E-state index contributed by atoms with van der Waals surface area (Å²) in [6, 6.07) is 26.0. The summed E-state index contributed by atoms with van der Waals surface area (Å²) >= 11 is 0. The predicted octanol–water partition coefficient (Wildman–Crippen LogP) is 5.01. The number of carbonyl (C=O) groups is 4. The molecule has 0 aliphatic carbocycles. The number of hydrogen-bond acceptors (Lipinski definition) is 7. The molecule has 2 atom stereocenters. The number of ether oxygens (including phenoxy) is 1. The van der Waals surface area contributed by atoms with Crippen LogP contribution in [0.4, 0.5) is 21.9 Å². The molecule has 1 saturated heterocycles. The van der Waals surface area contributed by atoms with E-state index in [-0.39, 0.29) is 49.2 Å². The molecule has 0 aromatic heterocycles. The second-order valence-electron chi connectivity index (χ2n) is 12.0. The maximum absolute atomic E-state index is 13.2. The normalized spacial score (nSPS) is 15.0. The number of nitrogens with one attached hydrogen (secondary N) is 4. The number of para-hydroxylation sites is 1. The van der Waals surface area contributed by atoms with Gasteiger partial charge >= 0.3 is 12.0 Å². The average molecular weight is 714 g/mol. The SMILES string of the molecule is Cc1ccccc1NC(=O)Nc1ccc(CC(=O)Nc2cccc(OCC[C@H](NC(=O)[C@@H]3CCCN3S(=O)(=O)c3ccccc3)C(=O)O)c2)cc1. The minimum atomic E-state index is -3.93. The van der Waals surface area contributed by atoms with Crippen LogP contribution in [0.25, 0.3) is 0 Å². The van der Waals surface area contributed by atoms with E-state index in [1.807, 2.05) is 31.2 Å². The Hall–Kier alpha value is -5.73. The molecule has 13 nitrogen and oxygen atoms in total. The Bertz CT molecular complexity index is 1970. The Labute approximate surface area is 296 Å². The molecule has 0 spiro atoms. The first-order valence-electron chi connectivity index (χ1n) is 16.3. The quantitative estimate of drug-likeness (QED) is 0.121. The summed E-state index contributed by atoms with van der Waals surface area (Å²) in [6.07, 6.45) is 0.729. The molecule has 1 aliphatic rings. The molecule has 14 heteroatoms. The van der Waals surface area contributed by atoms with Gasteiger partial charge in [-0.05, 0) is 73.4 Å². The lowest BCUT2D eigenvalue weighted by molar-refractivity contribution is -0.142. The van der Waals surface area contributed by atoms with Gasteiger partial charge in [0.2, 0.25) is 21.8 Å².